The Kier molecular flexibility index (Phi) is 9.24. The number of rotatable bonds is 6. The monoisotopic (exact) mass is 477 g/mol. The van der Waals surface area contributed by atoms with Crippen LogP contribution in [0.5, 0.6) is 0 Å². The van der Waals surface area contributed by atoms with Crippen molar-refractivity contribution in [3.63, 3.8) is 0 Å². The minimum atomic E-state index is -4.65. The fourth-order valence-corrected chi connectivity index (χ4v) is 3.88. The minimum Gasteiger partial charge on any atom is -0.326 e. The Morgan fingerprint density at radius 1 is 1.00 bits per heavy atom. The van der Waals surface area contributed by atoms with Crippen LogP contribution in [0.3, 0.4) is 0 Å². The molecule has 0 aliphatic carbocycles. The molecule has 0 unspecified atom stereocenters. The number of aliphatic imine (C=N–C) groups is 1. The summed E-state index contributed by atoms with van der Waals surface area (Å²) in [5.74, 6) is -0.438. The van der Waals surface area contributed by atoms with Crippen molar-refractivity contribution in [1.82, 2.24) is 0 Å². The molecule has 3 N–H and O–H groups in total. The SMILES string of the molecule is CC(=O)Nc1ccc(C=Cc2ccc(N=C=S)cc2S(=O)(=O)O)c(S(=O)(=O)O)c1.[Na]. The Balaban J connectivity index is 0.00000450. The first-order chi connectivity index (χ1) is 13.4. The first kappa shape index (κ1) is 26.3. The second-order valence-corrected chi connectivity index (χ2v) is 8.60. The fraction of sp³-hybridized carbons (Fsp3) is 0.0588. The van der Waals surface area contributed by atoms with Crippen LogP contribution in [-0.2, 0) is 25.0 Å². The van der Waals surface area contributed by atoms with E-state index in [1.807, 2.05) is 0 Å². The zero-order valence-electron chi connectivity index (χ0n) is 15.7. The Bertz CT molecular complexity index is 1270. The minimum absolute atomic E-state index is 0. The molecule has 2 aromatic carbocycles. The molecule has 0 saturated heterocycles. The van der Waals surface area contributed by atoms with Crippen LogP contribution in [0.1, 0.15) is 18.1 Å². The van der Waals surface area contributed by atoms with E-state index in [9.17, 15) is 30.7 Å². The van der Waals surface area contributed by atoms with E-state index in [-0.39, 0.29) is 52.1 Å². The van der Waals surface area contributed by atoms with Crippen molar-refractivity contribution in [3.05, 3.63) is 47.5 Å². The molecular formula is C17H14N2NaO7S3. The molecule has 13 heteroatoms. The van der Waals surface area contributed by atoms with Crippen molar-refractivity contribution in [2.24, 2.45) is 4.99 Å². The van der Waals surface area contributed by atoms with Crippen molar-refractivity contribution in [3.8, 4) is 0 Å². The second kappa shape index (κ2) is 10.5. The predicted octanol–water partition coefficient (Wildman–Crippen LogP) is 2.66. The number of isothiocyanates is 1. The number of thiocarbonyl (C=S) groups is 1. The maximum Gasteiger partial charge on any atom is 0.295 e. The Morgan fingerprint density at radius 2 is 1.50 bits per heavy atom. The quantitative estimate of drug-likeness (QED) is 0.189. The van der Waals surface area contributed by atoms with Crippen molar-refractivity contribution in [2.45, 2.75) is 16.7 Å². The van der Waals surface area contributed by atoms with Gasteiger partial charge in [-0.25, -0.2) is 0 Å². The molecule has 0 atom stereocenters. The smallest absolute Gasteiger partial charge is 0.295 e. The van der Waals surface area contributed by atoms with Gasteiger partial charge in [0.05, 0.1) is 10.8 Å². The molecule has 2 aromatic rings. The van der Waals surface area contributed by atoms with Gasteiger partial charge in [0.2, 0.25) is 5.91 Å². The molecule has 9 nitrogen and oxygen atoms in total. The van der Waals surface area contributed by atoms with Crippen LogP contribution in [0.25, 0.3) is 12.2 Å². The number of anilines is 1. The van der Waals surface area contributed by atoms with E-state index in [1.54, 1.807) is 0 Å². The second-order valence-electron chi connectivity index (χ2n) is 5.64. The predicted molar refractivity (Wildman–Crippen MR) is 116 cm³/mol. The maximum atomic E-state index is 11.7. The van der Waals surface area contributed by atoms with E-state index < -0.39 is 35.9 Å². The van der Waals surface area contributed by atoms with Crippen LogP contribution in [0.4, 0.5) is 11.4 Å². The summed E-state index contributed by atoms with van der Waals surface area (Å²) < 4.78 is 65.6. The van der Waals surface area contributed by atoms with Crippen LogP contribution in [0.2, 0.25) is 0 Å². The van der Waals surface area contributed by atoms with Crippen molar-refractivity contribution in [2.75, 3.05) is 5.32 Å². The van der Waals surface area contributed by atoms with Crippen LogP contribution in [0, 0.1) is 0 Å². The molecule has 0 aromatic heterocycles. The number of hydrogen-bond acceptors (Lipinski definition) is 7. The number of nitrogens with one attached hydrogen (secondary N) is 1. The van der Waals surface area contributed by atoms with Crippen molar-refractivity contribution < 1.29 is 30.7 Å². The molecule has 0 fully saturated rings. The average molecular weight is 477 g/mol. The van der Waals surface area contributed by atoms with Gasteiger partial charge in [0.1, 0.15) is 9.79 Å². The summed E-state index contributed by atoms with van der Waals surface area (Å²) in [7, 11) is -9.28. The van der Waals surface area contributed by atoms with Gasteiger partial charge in [-0.05, 0) is 47.6 Å². The van der Waals surface area contributed by atoms with E-state index >= 15 is 0 Å². The summed E-state index contributed by atoms with van der Waals surface area (Å²) in [6.45, 7) is 1.23. The Hall–Kier alpha value is -1.73. The molecule has 1 radical (unpaired) electrons. The molecule has 153 valence electrons. The van der Waals surface area contributed by atoms with Gasteiger partial charge in [0.15, 0.2) is 0 Å². The fourth-order valence-electron chi connectivity index (χ4n) is 2.36. The summed E-state index contributed by atoms with van der Waals surface area (Å²) in [5, 5.41) is 4.46. The molecule has 0 spiro atoms. The topological polar surface area (TPSA) is 150 Å². The molecule has 0 aliphatic rings. The first-order valence-electron chi connectivity index (χ1n) is 7.68. The number of carbonyl (C=O) groups is 1. The molecule has 2 rings (SSSR count). The summed E-state index contributed by atoms with van der Waals surface area (Å²) in [6, 6.07) is 7.57. The Labute approximate surface area is 200 Å². The first-order valence-corrected chi connectivity index (χ1v) is 11.0. The summed E-state index contributed by atoms with van der Waals surface area (Å²) in [4.78, 5) is 13.8. The number of nitrogens with zero attached hydrogens (tertiary/aromatic N) is 1. The summed E-state index contributed by atoms with van der Waals surface area (Å²) >= 11 is 4.45. The standard InChI is InChI=1S/C17H14N2O7S3.Na/c1-11(20)19-15-7-5-13(17(9-15)29(24,25)26)3-2-12-4-6-14(18-10-27)8-16(12)28(21,22)23;/h2-9H,1H3,(H,19,20)(H,21,22,23)(H,24,25,26);. The van der Waals surface area contributed by atoms with Crippen LogP contribution in [0.15, 0.2) is 51.2 Å². The van der Waals surface area contributed by atoms with Gasteiger partial charge in [-0.15, -0.1) is 0 Å². The summed E-state index contributed by atoms with van der Waals surface area (Å²) in [6.07, 6.45) is 2.46. The number of amides is 1. The molecule has 0 bridgehead atoms. The van der Waals surface area contributed by atoms with E-state index in [4.69, 9.17) is 0 Å². The van der Waals surface area contributed by atoms with Gasteiger partial charge in [-0.2, -0.15) is 21.8 Å². The number of hydrogen-bond donors (Lipinski definition) is 3. The van der Waals surface area contributed by atoms with Gasteiger partial charge in [0, 0.05) is 42.2 Å². The zero-order valence-corrected chi connectivity index (χ0v) is 20.2. The van der Waals surface area contributed by atoms with Crippen molar-refractivity contribution in [1.29, 1.82) is 0 Å². The third-order valence-corrected chi connectivity index (χ3v) is 5.41. The molecule has 0 heterocycles. The van der Waals surface area contributed by atoms with E-state index in [1.165, 1.54) is 43.3 Å². The van der Waals surface area contributed by atoms with E-state index in [0.717, 1.165) is 12.1 Å². The van der Waals surface area contributed by atoms with Crippen LogP contribution < -0.4 is 5.32 Å². The van der Waals surface area contributed by atoms with E-state index in [2.05, 4.69) is 27.7 Å². The van der Waals surface area contributed by atoms with Crippen LogP contribution in [-0.4, -0.2) is 66.6 Å². The average Bonchev–Trinajstić information content (AvgIpc) is 2.59. The maximum absolute atomic E-state index is 11.7. The number of benzene rings is 2. The van der Waals surface area contributed by atoms with Gasteiger partial charge in [-0.3, -0.25) is 13.9 Å². The summed E-state index contributed by atoms with van der Waals surface area (Å²) in [5.41, 5.74) is 0.332. The molecular weight excluding hydrogens is 463 g/mol. The normalized spacial score (nSPS) is 11.4. The third-order valence-electron chi connectivity index (χ3n) is 3.50. The largest absolute Gasteiger partial charge is 0.326 e. The van der Waals surface area contributed by atoms with Crippen molar-refractivity contribution >= 4 is 96.6 Å². The molecule has 0 aliphatic heterocycles. The molecule has 1 amide bonds. The van der Waals surface area contributed by atoms with Crippen LogP contribution >= 0.6 is 12.2 Å². The Morgan fingerprint density at radius 3 is 1.97 bits per heavy atom. The zero-order chi connectivity index (χ0) is 21.8. The third kappa shape index (κ3) is 7.20. The van der Waals surface area contributed by atoms with Gasteiger partial charge >= 0.3 is 0 Å². The number of carbonyl (C=O) groups excluding carboxylic acids is 1. The van der Waals surface area contributed by atoms with E-state index in [0.29, 0.717) is 0 Å². The van der Waals surface area contributed by atoms with Gasteiger partial charge in [-0.1, -0.05) is 24.3 Å². The molecule has 0 saturated carbocycles. The van der Waals surface area contributed by atoms with Gasteiger partial charge < -0.3 is 5.32 Å². The molecule has 30 heavy (non-hydrogen) atoms. The van der Waals surface area contributed by atoms with Gasteiger partial charge in [0.25, 0.3) is 20.2 Å².